The number of hydrogen-bond donors (Lipinski definition) is 1. The molecule has 1 aromatic carbocycles. The molecule has 0 saturated heterocycles. The second-order valence-electron chi connectivity index (χ2n) is 5.32. The topological polar surface area (TPSA) is 38.3 Å². The van der Waals surface area contributed by atoms with Crippen LogP contribution in [0.25, 0.3) is 0 Å². The molecule has 18 heavy (non-hydrogen) atoms. The molecule has 3 nitrogen and oxygen atoms in total. The molecule has 1 amide bonds. The first kappa shape index (κ1) is 13.8. The van der Waals surface area contributed by atoms with Gasteiger partial charge in [-0.2, -0.15) is 0 Å². The summed E-state index contributed by atoms with van der Waals surface area (Å²) in [5, 5.41) is 3.09. The lowest BCUT2D eigenvalue weighted by molar-refractivity contribution is -0.0942. The van der Waals surface area contributed by atoms with Gasteiger partial charge in [-0.05, 0) is 47.2 Å². The van der Waals surface area contributed by atoms with Gasteiger partial charge in [-0.1, -0.05) is 19.9 Å². The van der Waals surface area contributed by atoms with Crippen LogP contribution in [0.1, 0.15) is 30.6 Å². The Morgan fingerprint density at radius 2 is 2.22 bits per heavy atom. The zero-order chi connectivity index (χ0) is 13.3. The molecule has 0 spiro atoms. The van der Waals surface area contributed by atoms with Crippen molar-refractivity contribution in [2.24, 2.45) is 5.41 Å². The fraction of sp³-hybridized carbons (Fsp3) is 0.500. The molecule has 2 unspecified atom stereocenters. The van der Waals surface area contributed by atoms with E-state index in [9.17, 15) is 4.79 Å². The van der Waals surface area contributed by atoms with Crippen molar-refractivity contribution in [1.29, 1.82) is 0 Å². The summed E-state index contributed by atoms with van der Waals surface area (Å²) in [6.07, 6.45) is 1.12. The highest BCUT2D eigenvalue weighted by Crippen LogP contribution is 2.42. The number of halogens is 1. The number of nitrogens with one attached hydrogen (secondary N) is 1. The second-order valence-corrected chi connectivity index (χ2v) is 6.56. The summed E-state index contributed by atoms with van der Waals surface area (Å²) in [4.78, 5) is 12.1. The Labute approximate surface area is 121 Å². The van der Waals surface area contributed by atoms with Crippen molar-refractivity contribution >= 4 is 28.5 Å². The first-order valence-electron chi connectivity index (χ1n) is 6.04. The molecule has 0 bridgehead atoms. The van der Waals surface area contributed by atoms with E-state index in [4.69, 9.17) is 4.74 Å². The molecule has 1 aromatic rings. The molecule has 0 aromatic heterocycles. The molecule has 2 rings (SSSR count). The van der Waals surface area contributed by atoms with Gasteiger partial charge in [-0.3, -0.25) is 4.79 Å². The van der Waals surface area contributed by atoms with E-state index in [1.54, 1.807) is 7.11 Å². The van der Waals surface area contributed by atoms with Crippen molar-refractivity contribution in [2.45, 2.75) is 32.4 Å². The molecule has 1 N–H and O–H groups in total. The van der Waals surface area contributed by atoms with E-state index in [0.717, 1.165) is 15.6 Å². The predicted octanol–water partition coefficient (Wildman–Crippen LogP) is 2.83. The Bertz CT molecular complexity index is 459. The molecule has 0 heterocycles. The summed E-state index contributed by atoms with van der Waals surface area (Å²) in [7, 11) is 1.73. The van der Waals surface area contributed by atoms with Crippen LogP contribution in [0.3, 0.4) is 0 Å². The van der Waals surface area contributed by atoms with Crippen molar-refractivity contribution in [3.8, 4) is 0 Å². The largest absolute Gasteiger partial charge is 0.381 e. The molecular formula is C14H18INO2. The van der Waals surface area contributed by atoms with Crippen LogP contribution in [0.15, 0.2) is 24.3 Å². The molecular weight excluding hydrogens is 341 g/mol. The normalized spacial score (nSPS) is 25.3. The highest BCUT2D eigenvalue weighted by molar-refractivity contribution is 14.1. The van der Waals surface area contributed by atoms with E-state index in [-0.39, 0.29) is 23.5 Å². The fourth-order valence-electron chi connectivity index (χ4n) is 2.40. The zero-order valence-electron chi connectivity index (χ0n) is 10.9. The van der Waals surface area contributed by atoms with E-state index >= 15 is 0 Å². The molecule has 1 aliphatic rings. The number of carbonyl (C=O) groups is 1. The van der Waals surface area contributed by atoms with Crippen LogP contribution in [0.5, 0.6) is 0 Å². The summed E-state index contributed by atoms with van der Waals surface area (Å²) >= 11 is 2.21. The number of benzene rings is 1. The second kappa shape index (κ2) is 5.17. The lowest BCUT2D eigenvalue weighted by Crippen LogP contribution is -2.61. The molecule has 1 fully saturated rings. The van der Waals surface area contributed by atoms with Crippen LogP contribution in [-0.4, -0.2) is 25.2 Å². The van der Waals surface area contributed by atoms with Gasteiger partial charge in [-0.15, -0.1) is 0 Å². The third-order valence-corrected chi connectivity index (χ3v) is 4.53. The average Bonchev–Trinajstić information content (AvgIpc) is 2.33. The molecule has 0 radical (unpaired) electrons. The summed E-state index contributed by atoms with van der Waals surface area (Å²) in [5.74, 6) is 0.00106. The summed E-state index contributed by atoms with van der Waals surface area (Å²) < 4.78 is 6.46. The van der Waals surface area contributed by atoms with E-state index in [1.807, 2.05) is 24.3 Å². The zero-order valence-corrected chi connectivity index (χ0v) is 13.0. The molecule has 4 heteroatoms. The van der Waals surface area contributed by atoms with Crippen LogP contribution in [-0.2, 0) is 4.74 Å². The van der Waals surface area contributed by atoms with Gasteiger partial charge in [0.25, 0.3) is 5.91 Å². The van der Waals surface area contributed by atoms with Gasteiger partial charge >= 0.3 is 0 Å². The number of amides is 1. The van der Waals surface area contributed by atoms with Crippen molar-refractivity contribution in [3.05, 3.63) is 33.4 Å². The SMILES string of the molecule is COC1CC(NC(=O)c2cccc(I)c2)C1(C)C. The maximum absolute atomic E-state index is 12.1. The summed E-state index contributed by atoms with van der Waals surface area (Å²) in [6, 6.07) is 7.81. The van der Waals surface area contributed by atoms with Crippen molar-refractivity contribution in [2.75, 3.05) is 7.11 Å². The van der Waals surface area contributed by atoms with Gasteiger partial charge in [0.05, 0.1) is 6.10 Å². The summed E-state index contributed by atoms with van der Waals surface area (Å²) in [6.45, 7) is 4.26. The predicted molar refractivity (Wildman–Crippen MR) is 79.6 cm³/mol. The number of carbonyl (C=O) groups excluding carboxylic acids is 1. The Hall–Kier alpha value is -0.620. The smallest absolute Gasteiger partial charge is 0.251 e. The number of methoxy groups -OCH3 is 1. The Balaban J connectivity index is 2.01. The standard InChI is InChI=1S/C14H18INO2/c1-14(2)11(8-12(14)18-3)16-13(17)9-5-4-6-10(15)7-9/h4-7,11-12H,8H2,1-3H3,(H,16,17). The lowest BCUT2D eigenvalue weighted by Gasteiger charge is -2.51. The Morgan fingerprint density at radius 3 is 2.78 bits per heavy atom. The van der Waals surface area contributed by atoms with Gasteiger partial charge in [0.2, 0.25) is 0 Å². The van der Waals surface area contributed by atoms with Crippen molar-refractivity contribution < 1.29 is 9.53 Å². The monoisotopic (exact) mass is 359 g/mol. The van der Waals surface area contributed by atoms with Crippen LogP contribution in [0, 0.1) is 8.99 Å². The van der Waals surface area contributed by atoms with Gasteiger partial charge < -0.3 is 10.1 Å². The highest BCUT2D eigenvalue weighted by Gasteiger charge is 2.49. The number of ether oxygens (including phenoxy) is 1. The number of hydrogen-bond acceptors (Lipinski definition) is 2. The minimum absolute atomic E-state index is 0.00106. The van der Waals surface area contributed by atoms with Crippen molar-refractivity contribution in [3.63, 3.8) is 0 Å². The van der Waals surface area contributed by atoms with Gasteiger partial charge in [0, 0.05) is 27.7 Å². The van der Waals surface area contributed by atoms with Gasteiger partial charge in [0.15, 0.2) is 0 Å². The third kappa shape index (κ3) is 2.54. The fourth-order valence-corrected chi connectivity index (χ4v) is 2.94. The first-order chi connectivity index (χ1) is 8.45. The average molecular weight is 359 g/mol. The van der Waals surface area contributed by atoms with E-state index in [1.165, 1.54) is 0 Å². The Kier molecular flexibility index (Phi) is 3.96. The minimum atomic E-state index is 0.00106. The molecule has 1 aliphatic carbocycles. The van der Waals surface area contributed by atoms with Crippen molar-refractivity contribution in [1.82, 2.24) is 5.32 Å². The van der Waals surface area contributed by atoms with Crippen LogP contribution in [0.4, 0.5) is 0 Å². The quantitative estimate of drug-likeness (QED) is 0.843. The molecule has 1 saturated carbocycles. The van der Waals surface area contributed by atoms with Crippen LogP contribution in [0.2, 0.25) is 0 Å². The summed E-state index contributed by atoms with van der Waals surface area (Å²) in [5.41, 5.74) is 0.727. The highest BCUT2D eigenvalue weighted by atomic mass is 127. The van der Waals surface area contributed by atoms with Crippen LogP contribution < -0.4 is 5.32 Å². The molecule has 0 aliphatic heterocycles. The lowest BCUT2D eigenvalue weighted by atomic mass is 9.64. The molecule has 2 atom stereocenters. The number of rotatable bonds is 3. The van der Waals surface area contributed by atoms with E-state index in [2.05, 4.69) is 41.8 Å². The van der Waals surface area contributed by atoms with Gasteiger partial charge in [0.1, 0.15) is 0 Å². The van der Waals surface area contributed by atoms with Crippen LogP contribution >= 0.6 is 22.6 Å². The molecule has 98 valence electrons. The van der Waals surface area contributed by atoms with E-state index in [0.29, 0.717) is 0 Å². The van der Waals surface area contributed by atoms with Gasteiger partial charge in [-0.25, -0.2) is 0 Å². The third-order valence-electron chi connectivity index (χ3n) is 3.85. The first-order valence-corrected chi connectivity index (χ1v) is 7.12. The Morgan fingerprint density at radius 1 is 1.50 bits per heavy atom. The maximum Gasteiger partial charge on any atom is 0.251 e. The minimum Gasteiger partial charge on any atom is -0.381 e. The van der Waals surface area contributed by atoms with E-state index < -0.39 is 0 Å². The maximum atomic E-state index is 12.1.